The molecule has 0 aromatic heterocycles. The van der Waals surface area contributed by atoms with Gasteiger partial charge in [-0.25, -0.2) is 13.1 Å². The van der Waals surface area contributed by atoms with Gasteiger partial charge in [-0.2, -0.15) is 0 Å². The van der Waals surface area contributed by atoms with Crippen molar-refractivity contribution in [1.82, 2.24) is 4.72 Å². The van der Waals surface area contributed by atoms with E-state index in [4.69, 9.17) is 0 Å². The molecule has 0 radical (unpaired) electrons. The van der Waals surface area contributed by atoms with Gasteiger partial charge in [0.2, 0.25) is 10.0 Å². The molecule has 2 aromatic carbocycles. The Kier molecular flexibility index (Phi) is 5.19. The SMILES string of the molecule is CN(C)c1ccc(C2Nc3ccc(S(=O)(=O)NC(C)(C)C)cc3C3C=CCC32)cc1. The summed E-state index contributed by atoms with van der Waals surface area (Å²) in [5, 5.41) is 3.69. The Labute approximate surface area is 180 Å². The van der Waals surface area contributed by atoms with Gasteiger partial charge in [-0.3, -0.25) is 0 Å². The first-order valence-corrected chi connectivity index (χ1v) is 11.9. The summed E-state index contributed by atoms with van der Waals surface area (Å²) < 4.78 is 28.4. The fourth-order valence-electron chi connectivity index (χ4n) is 4.51. The van der Waals surface area contributed by atoms with Crippen molar-refractivity contribution in [3.05, 3.63) is 65.7 Å². The molecule has 0 bridgehead atoms. The van der Waals surface area contributed by atoms with E-state index in [-0.39, 0.29) is 12.0 Å². The van der Waals surface area contributed by atoms with Crippen molar-refractivity contribution in [1.29, 1.82) is 0 Å². The lowest BCUT2D eigenvalue weighted by molar-refractivity contribution is 0.425. The molecule has 2 aliphatic rings. The van der Waals surface area contributed by atoms with Gasteiger partial charge in [0.1, 0.15) is 0 Å². The molecule has 1 aliphatic carbocycles. The monoisotopic (exact) mass is 425 g/mol. The maximum Gasteiger partial charge on any atom is 0.241 e. The first-order valence-electron chi connectivity index (χ1n) is 10.4. The molecule has 0 amide bonds. The Morgan fingerprint density at radius 3 is 2.40 bits per heavy atom. The summed E-state index contributed by atoms with van der Waals surface area (Å²) in [5.74, 6) is 0.584. The van der Waals surface area contributed by atoms with E-state index < -0.39 is 15.6 Å². The summed E-state index contributed by atoms with van der Waals surface area (Å²) >= 11 is 0. The third-order valence-electron chi connectivity index (χ3n) is 5.85. The van der Waals surface area contributed by atoms with Crippen molar-refractivity contribution in [2.45, 2.75) is 49.6 Å². The minimum atomic E-state index is -3.57. The summed E-state index contributed by atoms with van der Waals surface area (Å²) in [6.07, 6.45) is 5.44. The first-order chi connectivity index (χ1) is 14.0. The summed E-state index contributed by atoms with van der Waals surface area (Å²) in [6, 6.07) is 14.3. The highest BCUT2D eigenvalue weighted by Gasteiger charge is 2.38. The molecule has 0 saturated heterocycles. The number of allylic oxidation sites excluding steroid dienone is 2. The van der Waals surface area contributed by atoms with Crippen LogP contribution in [-0.2, 0) is 10.0 Å². The highest BCUT2D eigenvalue weighted by Crippen LogP contribution is 2.50. The van der Waals surface area contributed by atoms with E-state index >= 15 is 0 Å². The number of sulfonamides is 1. The Morgan fingerprint density at radius 1 is 1.07 bits per heavy atom. The van der Waals surface area contributed by atoms with Crippen LogP contribution in [0.15, 0.2) is 59.5 Å². The molecule has 2 aromatic rings. The van der Waals surface area contributed by atoms with Crippen LogP contribution in [0.4, 0.5) is 11.4 Å². The van der Waals surface area contributed by atoms with Gasteiger partial charge in [-0.05, 0) is 74.6 Å². The van der Waals surface area contributed by atoms with Crippen LogP contribution < -0.4 is 14.9 Å². The topological polar surface area (TPSA) is 61.4 Å². The third-order valence-corrected chi connectivity index (χ3v) is 7.61. The van der Waals surface area contributed by atoms with Crippen LogP contribution in [0.5, 0.6) is 0 Å². The largest absolute Gasteiger partial charge is 0.378 e. The van der Waals surface area contributed by atoms with Gasteiger partial charge in [-0.15, -0.1) is 0 Å². The van der Waals surface area contributed by atoms with E-state index in [0.29, 0.717) is 10.8 Å². The van der Waals surface area contributed by atoms with E-state index in [1.165, 1.54) is 11.3 Å². The van der Waals surface area contributed by atoms with Gasteiger partial charge in [-0.1, -0.05) is 24.3 Å². The molecular weight excluding hydrogens is 394 g/mol. The van der Waals surface area contributed by atoms with E-state index in [9.17, 15) is 8.42 Å². The van der Waals surface area contributed by atoms with Gasteiger partial charge < -0.3 is 10.2 Å². The molecule has 3 atom stereocenters. The number of nitrogens with zero attached hydrogens (tertiary/aromatic N) is 1. The van der Waals surface area contributed by atoms with Crippen LogP contribution in [0.1, 0.15) is 50.3 Å². The maximum atomic E-state index is 12.8. The number of hydrogen-bond donors (Lipinski definition) is 2. The standard InChI is InChI=1S/C24H31N3O2S/c1-24(2,3)26-30(28,29)18-13-14-22-21(15-18)19-7-6-8-20(19)23(25-22)16-9-11-17(12-10-16)27(4)5/h6-7,9-15,19-20,23,25-26H,8H2,1-5H3. The maximum absolute atomic E-state index is 12.8. The second-order valence-electron chi connectivity index (χ2n) is 9.57. The average molecular weight is 426 g/mol. The molecule has 0 saturated carbocycles. The average Bonchev–Trinajstić information content (AvgIpc) is 3.15. The van der Waals surface area contributed by atoms with Crippen molar-refractivity contribution in [2.75, 3.05) is 24.3 Å². The molecule has 1 heterocycles. The molecule has 0 spiro atoms. The van der Waals surface area contributed by atoms with Crippen molar-refractivity contribution in [3.8, 4) is 0 Å². The number of benzene rings is 2. The Hall–Kier alpha value is -2.31. The second kappa shape index (κ2) is 7.43. The Bertz CT molecular complexity index is 1070. The second-order valence-corrected chi connectivity index (χ2v) is 11.2. The van der Waals surface area contributed by atoms with Crippen molar-refractivity contribution < 1.29 is 8.42 Å². The van der Waals surface area contributed by atoms with Crippen molar-refractivity contribution >= 4 is 21.4 Å². The molecule has 2 N–H and O–H groups in total. The minimum absolute atomic E-state index is 0.198. The molecule has 1 aliphatic heterocycles. The van der Waals surface area contributed by atoms with Gasteiger partial charge in [0.25, 0.3) is 0 Å². The number of hydrogen-bond acceptors (Lipinski definition) is 4. The summed E-state index contributed by atoms with van der Waals surface area (Å²) in [5.41, 5.74) is 3.99. The van der Waals surface area contributed by atoms with Crippen LogP contribution in [0.2, 0.25) is 0 Å². The molecule has 160 valence electrons. The van der Waals surface area contributed by atoms with Gasteiger partial charge in [0, 0.05) is 36.9 Å². The first kappa shape index (κ1) is 20.9. The van der Waals surface area contributed by atoms with Gasteiger partial charge in [0.15, 0.2) is 0 Å². The van der Waals surface area contributed by atoms with E-state index in [0.717, 1.165) is 17.7 Å². The normalized spacial score (nSPS) is 22.9. The van der Waals surface area contributed by atoms with Crippen LogP contribution in [0.3, 0.4) is 0 Å². The van der Waals surface area contributed by atoms with Crippen LogP contribution in [0, 0.1) is 5.92 Å². The molecule has 30 heavy (non-hydrogen) atoms. The molecule has 3 unspecified atom stereocenters. The summed E-state index contributed by atoms with van der Waals surface area (Å²) in [4.78, 5) is 2.42. The van der Waals surface area contributed by atoms with E-state index in [2.05, 4.69) is 51.4 Å². The van der Waals surface area contributed by atoms with Gasteiger partial charge >= 0.3 is 0 Å². The fourth-order valence-corrected chi connectivity index (χ4v) is 5.96. The quantitative estimate of drug-likeness (QED) is 0.700. The summed E-state index contributed by atoms with van der Waals surface area (Å²) in [6.45, 7) is 5.56. The predicted octanol–water partition coefficient (Wildman–Crippen LogP) is 4.66. The number of anilines is 2. The van der Waals surface area contributed by atoms with Crippen LogP contribution >= 0.6 is 0 Å². The Morgan fingerprint density at radius 2 is 1.77 bits per heavy atom. The zero-order valence-corrected chi connectivity index (χ0v) is 19.1. The number of nitrogens with one attached hydrogen (secondary N) is 2. The number of fused-ring (bicyclic) bond motifs is 3. The molecule has 5 nitrogen and oxygen atoms in total. The van der Waals surface area contributed by atoms with Crippen molar-refractivity contribution in [3.63, 3.8) is 0 Å². The lowest BCUT2D eigenvalue weighted by atomic mass is 9.77. The fraction of sp³-hybridized carbons (Fsp3) is 0.417. The van der Waals surface area contributed by atoms with Gasteiger partial charge in [0.05, 0.1) is 10.9 Å². The highest BCUT2D eigenvalue weighted by atomic mass is 32.2. The lowest BCUT2D eigenvalue weighted by Gasteiger charge is -2.38. The number of rotatable bonds is 4. The predicted molar refractivity (Wildman–Crippen MR) is 124 cm³/mol. The molecule has 0 fully saturated rings. The van der Waals surface area contributed by atoms with Crippen LogP contribution in [-0.4, -0.2) is 28.1 Å². The van der Waals surface area contributed by atoms with E-state index in [1.54, 1.807) is 6.07 Å². The summed E-state index contributed by atoms with van der Waals surface area (Å²) in [7, 11) is 0.520. The zero-order chi connectivity index (χ0) is 21.7. The van der Waals surface area contributed by atoms with E-state index in [1.807, 2.05) is 47.0 Å². The molecule has 4 rings (SSSR count). The Balaban J connectivity index is 1.69. The zero-order valence-electron chi connectivity index (χ0n) is 18.3. The minimum Gasteiger partial charge on any atom is -0.378 e. The smallest absolute Gasteiger partial charge is 0.241 e. The molecule has 6 heteroatoms. The lowest BCUT2D eigenvalue weighted by Crippen LogP contribution is -2.40. The van der Waals surface area contributed by atoms with Crippen molar-refractivity contribution in [2.24, 2.45) is 5.92 Å². The molecular formula is C24H31N3O2S. The van der Waals surface area contributed by atoms with Crippen LogP contribution in [0.25, 0.3) is 0 Å². The highest BCUT2D eigenvalue weighted by molar-refractivity contribution is 7.89. The third kappa shape index (κ3) is 3.98.